The van der Waals surface area contributed by atoms with E-state index < -0.39 is 199 Å². The number of nitrogens with zero attached hydrogens (tertiary/aromatic N) is 2. The molecule has 0 aromatic rings. The Balaban J connectivity index is 3.38. The summed E-state index contributed by atoms with van der Waals surface area (Å²) in [5, 5.41) is 65.5. The minimum atomic E-state index is -1.96. The molecule has 15 atom stereocenters. The van der Waals surface area contributed by atoms with Crippen LogP contribution in [0.4, 0.5) is 0 Å². The molecule has 93 heavy (non-hydrogen) atoms. The third kappa shape index (κ3) is 28.2. The van der Waals surface area contributed by atoms with E-state index in [0.717, 1.165) is 13.8 Å². The summed E-state index contributed by atoms with van der Waals surface area (Å²) in [4.78, 5) is 193. The van der Waals surface area contributed by atoms with Crippen LogP contribution in [-0.4, -0.2) is 218 Å². The number of primary amides is 2. The lowest BCUT2D eigenvalue weighted by Gasteiger charge is -2.32. The molecule has 1 aliphatic heterocycles. The van der Waals surface area contributed by atoms with Crippen LogP contribution < -0.4 is 81.8 Å². The molecule has 0 unspecified atom stereocenters. The molecule has 0 aromatic heterocycles. The van der Waals surface area contributed by atoms with Crippen molar-refractivity contribution in [3.8, 4) is 0 Å². The Hall–Kier alpha value is -8.31. The summed E-state index contributed by atoms with van der Waals surface area (Å²) in [7, 11) is 0. The van der Waals surface area contributed by atoms with Gasteiger partial charge in [0.1, 0.15) is 66.5 Å². The Morgan fingerprint density at radius 2 is 0.892 bits per heavy atom. The molecular formula is C58H103N17O18. The monoisotopic (exact) mass is 1330 g/mol. The second kappa shape index (κ2) is 39.9. The highest BCUT2D eigenvalue weighted by Gasteiger charge is 2.43. The Morgan fingerprint density at radius 1 is 0.505 bits per heavy atom. The van der Waals surface area contributed by atoms with Gasteiger partial charge in [0.2, 0.25) is 76.8 Å². The van der Waals surface area contributed by atoms with E-state index in [9.17, 15) is 87.5 Å². The molecule has 1 rings (SSSR count). The first kappa shape index (κ1) is 82.7. The molecule has 1 aliphatic rings. The molecule has 1 heterocycles. The number of nitrogens with two attached hydrogens (primary N) is 5. The van der Waals surface area contributed by atoms with Crippen molar-refractivity contribution in [2.24, 2.45) is 63.3 Å². The Morgan fingerprint density at radius 3 is 1.32 bits per heavy atom. The van der Waals surface area contributed by atoms with Gasteiger partial charge in [-0.05, 0) is 82.0 Å². The van der Waals surface area contributed by atoms with Crippen molar-refractivity contribution in [2.75, 3.05) is 19.7 Å². The number of aliphatic carboxylic acids is 1. The smallest absolute Gasteiger partial charge is 0.326 e. The van der Waals surface area contributed by atoms with Crippen molar-refractivity contribution in [3.05, 3.63) is 0 Å². The maximum absolute atomic E-state index is 14.5. The van der Waals surface area contributed by atoms with Gasteiger partial charge >= 0.3 is 5.97 Å². The summed E-state index contributed by atoms with van der Waals surface area (Å²) >= 11 is 0. The maximum Gasteiger partial charge on any atom is 0.326 e. The largest absolute Gasteiger partial charge is 0.480 e. The fraction of sp³-hybridized carbons (Fsp3) is 0.741. The molecule has 0 radical (unpaired) electrons. The van der Waals surface area contributed by atoms with E-state index in [2.05, 4.69) is 58.2 Å². The highest BCUT2D eigenvalue weighted by atomic mass is 16.4. The Kier molecular flexibility index (Phi) is 35.5. The van der Waals surface area contributed by atoms with Gasteiger partial charge in [-0.2, -0.15) is 0 Å². The van der Waals surface area contributed by atoms with Gasteiger partial charge in [-0.1, -0.05) is 75.7 Å². The number of carboxylic acids is 1. The third-order valence-electron chi connectivity index (χ3n) is 15.1. The quantitative estimate of drug-likeness (QED) is 0.0154. The fourth-order valence-electron chi connectivity index (χ4n) is 9.67. The molecule has 1 saturated heterocycles. The van der Waals surface area contributed by atoms with E-state index >= 15 is 0 Å². The lowest BCUT2D eigenvalue weighted by atomic mass is 9.98. The van der Waals surface area contributed by atoms with Gasteiger partial charge in [0.05, 0.1) is 37.7 Å². The minimum absolute atomic E-state index is 0.0169. The standard InChI is InChI=1S/C58H103N17O18/c1-13-29(10)41(61)51(86)67-35(23-40(60)80)48(83)74-45(31(12)78)55(90)72-43(28(8)9)53(88)70-37(24-76)49(84)66-34(22-39(59)79)47(82)73-44(30(11)77)54(89)69-36(21-26(4)5)56(91)75-19-15-17-38(75)50(85)71-42(27(6)7)52(87)68-33(20-25(2)3)46(81)65-32(57(92)93)16-14-18-64-58(62)63/h25-38,41-45,76-78H,13-24,61H2,1-12H3,(H2,59,79)(H2,60,80)(H,65,81)(H,66,84)(H,67,86)(H,68,87)(H,69,89)(H,70,88)(H,71,85)(H,72,90)(H,73,82)(H,74,83)(H,92,93)(H4,62,63,64)/t29-,30+,31+,32-,33-,34-,35-,36-,37-,38-,41-,42-,43-,44-,45-/m0/s1. The van der Waals surface area contributed by atoms with Crippen LogP contribution in [0.3, 0.4) is 0 Å². The number of aliphatic hydroxyl groups is 3. The second-order valence-corrected chi connectivity index (χ2v) is 25.0. The number of amides is 13. The summed E-state index contributed by atoms with van der Waals surface area (Å²) in [6.45, 7) is 17.8. The van der Waals surface area contributed by atoms with Crippen molar-refractivity contribution < 1.29 is 87.5 Å². The molecule has 0 aromatic carbocycles. The Labute approximate surface area is 541 Å². The van der Waals surface area contributed by atoms with Gasteiger partial charge < -0.3 is 107 Å². The van der Waals surface area contributed by atoms with Gasteiger partial charge in [-0.3, -0.25) is 67.3 Å². The van der Waals surface area contributed by atoms with Gasteiger partial charge in [0.15, 0.2) is 5.96 Å². The number of aliphatic imine (C=N–C) groups is 1. The van der Waals surface area contributed by atoms with Crippen molar-refractivity contribution >= 4 is 88.7 Å². The minimum Gasteiger partial charge on any atom is -0.480 e. The Bertz CT molecular complexity index is 2640. The van der Waals surface area contributed by atoms with Crippen LogP contribution in [0, 0.1) is 29.6 Å². The van der Waals surface area contributed by atoms with Crippen LogP contribution in [0.2, 0.25) is 0 Å². The number of carbonyl (C=O) groups is 14. The maximum atomic E-state index is 14.5. The van der Waals surface area contributed by atoms with Gasteiger partial charge in [-0.25, -0.2) is 4.79 Å². The van der Waals surface area contributed by atoms with E-state index in [0.29, 0.717) is 12.8 Å². The number of guanidine groups is 1. The van der Waals surface area contributed by atoms with Gasteiger partial charge in [0.25, 0.3) is 0 Å². The zero-order valence-electron chi connectivity index (χ0n) is 55.2. The molecule has 24 N–H and O–H groups in total. The predicted molar refractivity (Wildman–Crippen MR) is 336 cm³/mol. The number of likely N-dealkylation sites (tertiary alicyclic amines) is 1. The van der Waals surface area contributed by atoms with Crippen LogP contribution >= 0.6 is 0 Å². The number of nitrogens with one attached hydrogen (secondary N) is 10. The van der Waals surface area contributed by atoms with Crippen LogP contribution in [0.5, 0.6) is 0 Å². The number of carbonyl (C=O) groups excluding carboxylic acids is 13. The van der Waals surface area contributed by atoms with Crippen molar-refractivity contribution in [1.82, 2.24) is 58.1 Å². The molecule has 35 heteroatoms. The first-order valence-electron chi connectivity index (χ1n) is 31.1. The number of hydrogen-bond acceptors (Lipinski definition) is 19. The molecule has 528 valence electrons. The van der Waals surface area contributed by atoms with Crippen LogP contribution in [-0.2, 0) is 67.1 Å². The summed E-state index contributed by atoms with van der Waals surface area (Å²) < 4.78 is 0. The average Bonchev–Trinajstić information content (AvgIpc) is 1.80. The lowest BCUT2D eigenvalue weighted by molar-refractivity contribution is -0.144. The molecular weight excluding hydrogens is 1220 g/mol. The molecule has 1 fully saturated rings. The number of aliphatic hydroxyl groups excluding tert-OH is 3. The summed E-state index contributed by atoms with van der Waals surface area (Å²) in [5.41, 5.74) is 27.4. The van der Waals surface area contributed by atoms with E-state index in [1.165, 1.54) is 18.7 Å². The van der Waals surface area contributed by atoms with E-state index in [1.807, 2.05) is 0 Å². The van der Waals surface area contributed by atoms with Gasteiger partial charge in [-0.15, -0.1) is 0 Å². The molecule has 13 amide bonds. The summed E-state index contributed by atoms with van der Waals surface area (Å²) in [6, 6.07) is -18.4. The summed E-state index contributed by atoms with van der Waals surface area (Å²) in [5.74, 6) is -17.0. The van der Waals surface area contributed by atoms with Gasteiger partial charge in [0, 0.05) is 13.1 Å². The molecule has 0 aliphatic carbocycles. The second-order valence-electron chi connectivity index (χ2n) is 25.0. The zero-order valence-corrected chi connectivity index (χ0v) is 55.2. The summed E-state index contributed by atoms with van der Waals surface area (Å²) in [6.07, 6.45) is -3.99. The van der Waals surface area contributed by atoms with E-state index in [4.69, 9.17) is 28.7 Å². The predicted octanol–water partition coefficient (Wildman–Crippen LogP) is -6.75. The number of hydrogen-bond donors (Lipinski definition) is 19. The van der Waals surface area contributed by atoms with E-state index in [1.54, 1.807) is 55.4 Å². The lowest BCUT2D eigenvalue weighted by Crippen LogP contribution is -2.63. The molecule has 0 saturated carbocycles. The number of carboxylic acid groups (broad SMARTS) is 1. The zero-order chi connectivity index (χ0) is 71.5. The molecule has 0 spiro atoms. The van der Waals surface area contributed by atoms with E-state index in [-0.39, 0.29) is 68.9 Å². The topological polar surface area (TPSA) is 586 Å². The van der Waals surface area contributed by atoms with Crippen molar-refractivity contribution in [1.29, 1.82) is 0 Å². The normalized spacial score (nSPS) is 17.5. The number of rotatable bonds is 41. The first-order valence-corrected chi connectivity index (χ1v) is 31.1. The first-order chi connectivity index (χ1) is 43.2. The van der Waals surface area contributed by atoms with Crippen LogP contribution in [0.15, 0.2) is 4.99 Å². The highest BCUT2D eigenvalue weighted by molar-refractivity contribution is 6.01. The molecule has 0 bridgehead atoms. The third-order valence-corrected chi connectivity index (χ3v) is 15.1. The molecule has 35 nitrogen and oxygen atoms in total. The van der Waals surface area contributed by atoms with Crippen LogP contribution in [0.1, 0.15) is 141 Å². The fourth-order valence-corrected chi connectivity index (χ4v) is 9.67. The van der Waals surface area contributed by atoms with Crippen molar-refractivity contribution in [2.45, 2.75) is 226 Å². The van der Waals surface area contributed by atoms with Crippen molar-refractivity contribution in [3.63, 3.8) is 0 Å². The average molecular weight is 1330 g/mol. The SMILES string of the molecule is CC[C@H](C)[C@H](N)C(=O)N[C@@H](CC(N)=O)C(=O)N[C@H](C(=O)N[C@H](C(=O)N[C@@H](CO)C(=O)N[C@@H](CC(N)=O)C(=O)N[C@H](C(=O)N[C@@H](CC(C)C)C(=O)N1CCC[C@H]1C(=O)N[C@H](C(=O)N[C@@H](CC(C)C)C(=O)N[C@@H](CCCN=C(N)N)C(=O)O)C(C)C)[C@@H](C)O)C(C)C)[C@@H](C)O. The highest BCUT2D eigenvalue weighted by Crippen LogP contribution is 2.22. The van der Waals surface area contributed by atoms with Crippen LogP contribution in [0.25, 0.3) is 0 Å².